The van der Waals surface area contributed by atoms with Gasteiger partial charge in [0.25, 0.3) is 0 Å². The normalized spacial score (nSPS) is 10.6. The Bertz CT molecular complexity index is 829. The highest BCUT2D eigenvalue weighted by Crippen LogP contribution is 2.25. The maximum atomic E-state index is 11.3. The van der Waals surface area contributed by atoms with Gasteiger partial charge in [-0.05, 0) is 42.8 Å². The van der Waals surface area contributed by atoms with Crippen molar-refractivity contribution >= 4 is 22.7 Å². The highest BCUT2D eigenvalue weighted by atomic mass is 16.5. The maximum Gasteiger partial charge on any atom is 0.412 e. The summed E-state index contributed by atoms with van der Waals surface area (Å²) in [7, 11) is 1.54. The Morgan fingerprint density at radius 2 is 2.04 bits per heavy atom. The Labute approximate surface area is 140 Å². The first-order valence-corrected chi connectivity index (χ1v) is 7.91. The number of nitrogens with one attached hydrogen (secondary N) is 1. The SMILES string of the molecule is CCCN(c1ccncc1)n1ccc2cc(OC(=O)NC)ccc21. The Balaban J connectivity index is 1.98. The molecule has 1 amide bonds. The third-order valence-corrected chi connectivity index (χ3v) is 3.71. The number of nitrogens with zero attached hydrogens (tertiary/aromatic N) is 3. The molecule has 0 saturated heterocycles. The molecule has 1 N–H and O–H groups in total. The summed E-state index contributed by atoms with van der Waals surface area (Å²) in [5, 5.41) is 5.65. The molecule has 2 heterocycles. The lowest BCUT2D eigenvalue weighted by molar-refractivity contribution is 0.203. The predicted molar refractivity (Wildman–Crippen MR) is 94.3 cm³/mol. The van der Waals surface area contributed by atoms with E-state index in [0.717, 1.165) is 29.6 Å². The standard InChI is InChI=1S/C18H20N4O2/c1-3-11-21(15-6-9-20-10-7-15)22-12-8-14-13-16(4-5-17(14)22)24-18(23)19-2/h4-10,12-13H,3,11H2,1-2H3,(H,19,23). The molecule has 6 heteroatoms. The molecule has 0 fully saturated rings. The first kappa shape index (κ1) is 15.9. The number of hydrogen-bond donors (Lipinski definition) is 1. The van der Waals surface area contributed by atoms with Crippen LogP contribution in [0.3, 0.4) is 0 Å². The molecule has 0 spiro atoms. The Hall–Kier alpha value is -3.02. The zero-order valence-electron chi connectivity index (χ0n) is 13.8. The monoisotopic (exact) mass is 324 g/mol. The highest BCUT2D eigenvalue weighted by Gasteiger charge is 2.12. The zero-order chi connectivity index (χ0) is 16.9. The summed E-state index contributed by atoms with van der Waals surface area (Å²) in [5.74, 6) is 0.519. The Morgan fingerprint density at radius 3 is 2.75 bits per heavy atom. The maximum absolute atomic E-state index is 11.3. The van der Waals surface area contributed by atoms with Gasteiger partial charge in [0.05, 0.1) is 11.2 Å². The van der Waals surface area contributed by atoms with Gasteiger partial charge in [-0.3, -0.25) is 14.7 Å². The van der Waals surface area contributed by atoms with Crippen molar-refractivity contribution in [1.29, 1.82) is 0 Å². The van der Waals surface area contributed by atoms with E-state index in [1.54, 1.807) is 18.5 Å². The molecule has 3 rings (SSSR count). The Kier molecular flexibility index (Phi) is 4.65. The van der Waals surface area contributed by atoms with Crippen molar-refractivity contribution in [3.8, 4) is 5.75 Å². The third-order valence-electron chi connectivity index (χ3n) is 3.71. The molecule has 0 bridgehead atoms. The fraction of sp³-hybridized carbons (Fsp3) is 0.222. The van der Waals surface area contributed by atoms with E-state index in [4.69, 9.17) is 4.74 Å². The number of fused-ring (bicyclic) bond motifs is 1. The highest BCUT2D eigenvalue weighted by molar-refractivity contribution is 5.83. The molecular weight excluding hydrogens is 304 g/mol. The van der Waals surface area contributed by atoms with Crippen LogP contribution in [0.5, 0.6) is 5.75 Å². The molecule has 2 aromatic heterocycles. The smallest absolute Gasteiger partial charge is 0.410 e. The summed E-state index contributed by atoms with van der Waals surface area (Å²) >= 11 is 0. The number of pyridine rings is 1. The second kappa shape index (κ2) is 7.04. The molecule has 0 radical (unpaired) electrons. The number of amides is 1. The molecule has 0 saturated carbocycles. The molecule has 0 atom stereocenters. The zero-order valence-corrected chi connectivity index (χ0v) is 13.8. The fourth-order valence-electron chi connectivity index (χ4n) is 2.63. The molecule has 0 unspecified atom stereocenters. The van der Waals surface area contributed by atoms with Gasteiger partial charge in [0, 0.05) is 37.6 Å². The molecule has 0 aliphatic rings. The van der Waals surface area contributed by atoms with Gasteiger partial charge >= 0.3 is 6.09 Å². The third kappa shape index (κ3) is 3.17. The molecule has 24 heavy (non-hydrogen) atoms. The van der Waals surface area contributed by atoms with E-state index < -0.39 is 6.09 Å². The molecule has 0 aliphatic heterocycles. The van der Waals surface area contributed by atoms with Crippen molar-refractivity contribution in [3.05, 3.63) is 55.0 Å². The summed E-state index contributed by atoms with van der Waals surface area (Å²) < 4.78 is 7.30. The summed E-state index contributed by atoms with van der Waals surface area (Å²) in [6, 6.07) is 11.6. The second-order valence-electron chi connectivity index (χ2n) is 5.35. The Morgan fingerprint density at radius 1 is 1.25 bits per heavy atom. The molecule has 124 valence electrons. The van der Waals surface area contributed by atoms with E-state index in [1.807, 2.05) is 36.5 Å². The van der Waals surface area contributed by atoms with Crippen LogP contribution in [0.15, 0.2) is 55.0 Å². The van der Waals surface area contributed by atoms with Crippen LogP contribution in [0.1, 0.15) is 13.3 Å². The van der Waals surface area contributed by atoms with Crippen LogP contribution in [-0.4, -0.2) is 29.3 Å². The molecule has 3 aromatic rings. The average Bonchev–Trinajstić information content (AvgIpc) is 3.03. The van der Waals surface area contributed by atoms with Crippen LogP contribution < -0.4 is 15.1 Å². The van der Waals surface area contributed by atoms with Crippen molar-refractivity contribution in [2.24, 2.45) is 0 Å². The first-order chi connectivity index (χ1) is 11.7. The summed E-state index contributed by atoms with van der Waals surface area (Å²) in [5.41, 5.74) is 2.12. The minimum Gasteiger partial charge on any atom is -0.410 e. The molecule has 0 aliphatic carbocycles. The van der Waals surface area contributed by atoms with Gasteiger partial charge in [-0.15, -0.1) is 0 Å². The van der Waals surface area contributed by atoms with Gasteiger partial charge in [-0.1, -0.05) is 6.92 Å². The quantitative estimate of drug-likeness (QED) is 0.781. The molecule has 6 nitrogen and oxygen atoms in total. The summed E-state index contributed by atoms with van der Waals surface area (Å²) in [6.07, 6.45) is 6.14. The number of rotatable bonds is 5. The fourth-order valence-corrected chi connectivity index (χ4v) is 2.63. The molecule has 1 aromatic carbocycles. The van der Waals surface area contributed by atoms with Gasteiger partial charge in [0.15, 0.2) is 0 Å². The number of aromatic nitrogens is 2. The van der Waals surface area contributed by atoms with Crippen LogP contribution in [0.2, 0.25) is 0 Å². The van der Waals surface area contributed by atoms with Crippen LogP contribution >= 0.6 is 0 Å². The topological polar surface area (TPSA) is 59.4 Å². The number of anilines is 1. The predicted octanol–water partition coefficient (Wildman–Crippen LogP) is 3.43. The van der Waals surface area contributed by atoms with Crippen molar-refractivity contribution in [2.75, 3.05) is 18.6 Å². The second-order valence-corrected chi connectivity index (χ2v) is 5.35. The van der Waals surface area contributed by atoms with Crippen LogP contribution in [-0.2, 0) is 0 Å². The number of benzene rings is 1. The lowest BCUT2D eigenvalue weighted by Crippen LogP contribution is -2.29. The average molecular weight is 324 g/mol. The van der Waals surface area contributed by atoms with Crippen LogP contribution in [0.4, 0.5) is 10.5 Å². The summed E-state index contributed by atoms with van der Waals surface area (Å²) in [4.78, 5) is 15.4. The van der Waals surface area contributed by atoms with Gasteiger partial charge in [-0.25, -0.2) is 4.79 Å². The van der Waals surface area contributed by atoms with Gasteiger partial charge in [-0.2, -0.15) is 0 Å². The van der Waals surface area contributed by atoms with E-state index in [2.05, 4.69) is 26.9 Å². The minimum atomic E-state index is -0.474. The van der Waals surface area contributed by atoms with Crippen molar-refractivity contribution < 1.29 is 9.53 Å². The van der Waals surface area contributed by atoms with Crippen molar-refractivity contribution in [3.63, 3.8) is 0 Å². The minimum absolute atomic E-state index is 0.474. The van der Waals surface area contributed by atoms with E-state index in [9.17, 15) is 4.79 Å². The van der Waals surface area contributed by atoms with E-state index in [1.165, 1.54) is 7.05 Å². The molecular formula is C18H20N4O2. The lowest BCUT2D eigenvalue weighted by atomic mass is 10.2. The number of ether oxygens (including phenoxy) is 1. The van der Waals surface area contributed by atoms with E-state index >= 15 is 0 Å². The lowest BCUT2D eigenvalue weighted by Gasteiger charge is -2.26. The van der Waals surface area contributed by atoms with E-state index in [0.29, 0.717) is 5.75 Å². The number of hydrogen-bond acceptors (Lipinski definition) is 4. The van der Waals surface area contributed by atoms with Crippen LogP contribution in [0, 0.1) is 0 Å². The number of carbonyl (C=O) groups excluding carboxylic acids is 1. The van der Waals surface area contributed by atoms with Crippen molar-refractivity contribution in [2.45, 2.75) is 13.3 Å². The van der Waals surface area contributed by atoms with Gasteiger partial charge < -0.3 is 10.1 Å². The van der Waals surface area contributed by atoms with Crippen molar-refractivity contribution in [1.82, 2.24) is 15.0 Å². The summed E-state index contributed by atoms with van der Waals surface area (Å²) in [6.45, 7) is 3.03. The van der Waals surface area contributed by atoms with E-state index in [-0.39, 0.29) is 0 Å². The van der Waals surface area contributed by atoms with Gasteiger partial charge in [0.1, 0.15) is 5.75 Å². The van der Waals surface area contributed by atoms with Gasteiger partial charge in [0.2, 0.25) is 0 Å². The first-order valence-electron chi connectivity index (χ1n) is 7.91. The number of carbonyl (C=O) groups is 1. The van der Waals surface area contributed by atoms with Crippen LogP contribution in [0.25, 0.3) is 10.9 Å². The largest absolute Gasteiger partial charge is 0.412 e.